The minimum Gasteiger partial charge on any atom is -0.493 e. The SMILES string of the molecule is C=CCOc1ccc(C(=O)N2CCC(CCNC)CC2)cc1OC. The van der Waals surface area contributed by atoms with E-state index in [-0.39, 0.29) is 5.91 Å². The predicted molar refractivity (Wildman–Crippen MR) is 95.9 cm³/mol. The third kappa shape index (κ3) is 4.74. The maximum absolute atomic E-state index is 12.7. The van der Waals surface area contributed by atoms with Crippen LogP contribution in [0.3, 0.4) is 0 Å². The first-order chi connectivity index (χ1) is 11.7. The van der Waals surface area contributed by atoms with E-state index in [0.717, 1.165) is 32.5 Å². The normalized spacial score (nSPS) is 15.2. The lowest BCUT2D eigenvalue weighted by molar-refractivity contribution is 0.0686. The van der Waals surface area contributed by atoms with Gasteiger partial charge in [-0.25, -0.2) is 0 Å². The summed E-state index contributed by atoms with van der Waals surface area (Å²) in [5.74, 6) is 1.98. The molecule has 1 saturated heterocycles. The number of nitrogens with zero attached hydrogens (tertiary/aromatic N) is 1. The molecule has 0 unspecified atom stereocenters. The molecular formula is C19H28N2O3. The molecular weight excluding hydrogens is 304 g/mol. The summed E-state index contributed by atoms with van der Waals surface area (Å²) in [6.07, 6.45) is 5.01. The number of carbonyl (C=O) groups excluding carboxylic acids is 1. The van der Waals surface area contributed by atoms with E-state index in [9.17, 15) is 4.79 Å². The number of rotatable bonds is 8. The van der Waals surface area contributed by atoms with Crippen LogP contribution in [0.4, 0.5) is 0 Å². The summed E-state index contributed by atoms with van der Waals surface area (Å²) in [4.78, 5) is 14.7. The average molecular weight is 332 g/mol. The molecule has 0 atom stereocenters. The second-order valence-electron chi connectivity index (χ2n) is 6.09. The van der Waals surface area contributed by atoms with Gasteiger partial charge in [0.15, 0.2) is 11.5 Å². The maximum atomic E-state index is 12.7. The van der Waals surface area contributed by atoms with Crippen LogP contribution in [0.1, 0.15) is 29.6 Å². The third-order valence-electron chi connectivity index (χ3n) is 4.47. The van der Waals surface area contributed by atoms with Crippen molar-refractivity contribution in [2.45, 2.75) is 19.3 Å². The monoisotopic (exact) mass is 332 g/mol. The highest BCUT2D eigenvalue weighted by Crippen LogP contribution is 2.29. The standard InChI is InChI=1S/C19H28N2O3/c1-4-13-24-17-6-5-16(14-18(17)23-3)19(22)21-11-8-15(9-12-21)7-10-20-2/h4-6,14-15,20H,1,7-13H2,2-3H3. The number of hydrogen-bond donors (Lipinski definition) is 1. The van der Waals surface area contributed by atoms with Gasteiger partial charge in [-0.05, 0) is 57.0 Å². The number of nitrogens with one attached hydrogen (secondary N) is 1. The third-order valence-corrected chi connectivity index (χ3v) is 4.47. The van der Waals surface area contributed by atoms with E-state index in [1.165, 1.54) is 6.42 Å². The Morgan fingerprint density at radius 2 is 2.12 bits per heavy atom. The molecule has 0 aromatic heterocycles. The zero-order chi connectivity index (χ0) is 17.4. The van der Waals surface area contributed by atoms with Crippen molar-refractivity contribution in [1.29, 1.82) is 0 Å². The molecule has 24 heavy (non-hydrogen) atoms. The van der Waals surface area contributed by atoms with Gasteiger partial charge in [-0.2, -0.15) is 0 Å². The van der Waals surface area contributed by atoms with Crippen LogP contribution >= 0.6 is 0 Å². The van der Waals surface area contributed by atoms with E-state index < -0.39 is 0 Å². The number of benzene rings is 1. The lowest BCUT2D eigenvalue weighted by Gasteiger charge is -2.32. The van der Waals surface area contributed by atoms with Crippen LogP contribution in [0.25, 0.3) is 0 Å². The van der Waals surface area contributed by atoms with E-state index in [1.54, 1.807) is 31.4 Å². The van der Waals surface area contributed by atoms with E-state index in [0.29, 0.717) is 29.6 Å². The molecule has 1 fully saturated rings. The van der Waals surface area contributed by atoms with Crippen molar-refractivity contribution < 1.29 is 14.3 Å². The fourth-order valence-corrected chi connectivity index (χ4v) is 3.02. The van der Waals surface area contributed by atoms with Crippen molar-refractivity contribution in [2.24, 2.45) is 5.92 Å². The van der Waals surface area contributed by atoms with Gasteiger partial charge in [-0.1, -0.05) is 12.7 Å². The van der Waals surface area contributed by atoms with E-state index >= 15 is 0 Å². The molecule has 0 radical (unpaired) electrons. The lowest BCUT2D eigenvalue weighted by Crippen LogP contribution is -2.39. The molecule has 1 aliphatic rings. The quantitative estimate of drug-likeness (QED) is 0.744. The molecule has 5 nitrogen and oxygen atoms in total. The molecule has 0 saturated carbocycles. The van der Waals surface area contributed by atoms with Crippen molar-refractivity contribution in [1.82, 2.24) is 10.2 Å². The van der Waals surface area contributed by atoms with Gasteiger partial charge in [0.2, 0.25) is 0 Å². The molecule has 0 aliphatic carbocycles. The summed E-state index contributed by atoms with van der Waals surface area (Å²) in [5, 5.41) is 3.19. The second kappa shape index (κ2) is 9.33. The molecule has 1 aliphatic heterocycles. The first-order valence-electron chi connectivity index (χ1n) is 8.55. The molecule has 132 valence electrons. The predicted octanol–water partition coefficient (Wildman–Crippen LogP) is 2.72. The summed E-state index contributed by atoms with van der Waals surface area (Å²) in [6.45, 7) is 6.73. The highest BCUT2D eigenvalue weighted by Gasteiger charge is 2.24. The summed E-state index contributed by atoms with van der Waals surface area (Å²) in [7, 11) is 3.56. The van der Waals surface area contributed by atoms with Crippen molar-refractivity contribution in [3.05, 3.63) is 36.4 Å². The Bertz CT molecular complexity index is 552. The Hall–Kier alpha value is -2.01. The number of ether oxygens (including phenoxy) is 2. The molecule has 0 spiro atoms. The van der Waals surface area contributed by atoms with E-state index in [4.69, 9.17) is 9.47 Å². The van der Waals surface area contributed by atoms with Crippen LogP contribution in [0, 0.1) is 5.92 Å². The number of amides is 1. The molecule has 1 aromatic carbocycles. The minimum absolute atomic E-state index is 0.0654. The highest BCUT2D eigenvalue weighted by atomic mass is 16.5. The largest absolute Gasteiger partial charge is 0.493 e. The zero-order valence-corrected chi connectivity index (χ0v) is 14.7. The number of likely N-dealkylation sites (tertiary alicyclic amines) is 1. The summed E-state index contributed by atoms with van der Waals surface area (Å²) in [6, 6.07) is 5.35. The summed E-state index contributed by atoms with van der Waals surface area (Å²) < 4.78 is 10.9. The minimum atomic E-state index is 0.0654. The van der Waals surface area contributed by atoms with Crippen LogP contribution in [0.5, 0.6) is 11.5 Å². The van der Waals surface area contributed by atoms with Gasteiger partial charge in [-0.15, -0.1) is 0 Å². The Balaban J connectivity index is 1.98. The van der Waals surface area contributed by atoms with Crippen molar-refractivity contribution in [3.63, 3.8) is 0 Å². The second-order valence-corrected chi connectivity index (χ2v) is 6.09. The number of methoxy groups -OCH3 is 1. The van der Waals surface area contributed by atoms with Crippen molar-refractivity contribution in [2.75, 3.05) is 40.4 Å². The van der Waals surface area contributed by atoms with E-state index in [2.05, 4.69) is 11.9 Å². The molecule has 1 aromatic rings. The molecule has 1 N–H and O–H groups in total. The first-order valence-corrected chi connectivity index (χ1v) is 8.55. The fourth-order valence-electron chi connectivity index (χ4n) is 3.02. The van der Waals surface area contributed by atoms with Gasteiger partial charge in [0.25, 0.3) is 5.91 Å². The average Bonchev–Trinajstić information content (AvgIpc) is 2.64. The van der Waals surface area contributed by atoms with Crippen molar-refractivity contribution in [3.8, 4) is 11.5 Å². The van der Waals surface area contributed by atoms with Gasteiger partial charge in [0.1, 0.15) is 6.61 Å². The Kier molecular flexibility index (Phi) is 7.12. The topological polar surface area (TPSA) is 50.8 Å². The first kappa shape index (κ1) is 18.3. The zero-order valence-electron chi connectivity index (χ0n) is 14.7. The molecule has 2 rings (SSSR count). The lowest BCUT2D eigenvalue weighted by atomic mass is 9.93. The van der Waals surface area contributed by atoms with Crippen LogP contribution in [-0.4, -0.2) is 51.2 Å². The van der Waals surface area contributed by atoms with Gasteiger partial charge >= 0.3 is 0 Å². The Morgan fingerprint density at radius 3 is 2.75 bits per heavy atom. The van der Waals surface area contributed by atoms with Gasteiger partial charge in [0.05, 0.1) is 7.11 Å². The number of piperidine rings is 1. The Morgan fingerprint density at radius 1 is 1.38 bits per heavy atom. The molecule has 5 heteroatoms. The molecule has 1 heterocycles. The maximum Gasteiger partial charge on any atom is 0.253 e. The van der Waals surface area contributed by atoms with Crippen LogP contribution < -0.4 is 14.8 Å². The van der Waals surface area contributed by atoms with Gasteiger partial charge in [-0.3, -0.25) is 4.79 Å². The van der Waals surface area contributed by atoms with Crippen LogP contribution in [0.15, 0.2) is 30.9 Å². The number of hydrogen-bond acceptors (Lipinski definition) is 4. The van der Waals surface area contributed by atoms with Crippen LogP contribution in [0.2, 0.25) is 0 Å². The molecule has 0 bridgehead atoms. The smallest absolute Gasteiger partial charge is 0.253 e. The summed E-state index contributed by atoms with van der Waals surface area (Å²) >= 11 is 0. The Labute approximate surface area is 144 Å². The van der Waals surface area contributed by atoms with E-state index in [1.807, 2.05) is 11.9 Å². The molecule has 1 amide bonds. The highest BCUT2D eigenvalue weighted by molar-refractivity contribution is 5.95. The van der Waals surface area contributed by atoms with Gasteiger partial charge in [0, 0.05) is 18.7 Å². The van der Waals surface area contributed by atoms with Crippen molar-refractivity contribution >= 4 is 5.91 Å². The van der Waals surface area contributed by atoms with Crippen LogP contribution in [-0.2, 0) is 0 Å². The van der Waals surface area contributed by atoms with Gasteiger partial charge < -0.3 is 19.7 Å². The fraction of sp³-hybridized carbons (Fsp3) is 0.526. The number of carbonyl (C=O) groups is 1. The summed E-state index contributed by atoms with van der Waals surface area (Å²) in [5.41, 5.74) is 0.645.